The Kier molecular flexibility index (Phi) is 6.32. The summed E-state index contributed by atoms with van der Waals surface area (Å²) >= 11 is 3.50. The summed E-state index contributed by atoms with van der Waals surface area (Å²) in [7, 11) is 0. The van der Waals surface area contributed by atoms with Gasteiger partial charge in [-0.2, -0.15) is 0 Å². The zero-order chi connectivity index (χ0) is 20.4. The van der Waals surface area contributed by atoms with Crippen molar-refractivity contribution in [1.29, 1.82) is 0 Å². The van der Waals surface area contributed by atoms with Crippen LogP contribution in [0.3, 0.4) is 0 Å². The van der Waals surface area contributed by atoms with Crippen molar-refractivity contribution in [2.45, 2.75) is 38.4 Å². The van der Waals surface area contributed by atoms with E-state index in [1.54, 1.807) is 4.90 Å². The second kappa shape index (κ2) is 8.93. The van der Waals surface area contributed by atoms with E-state index < -0.39 is 6.04 Å². The summed E-state index contributed by atoms with van der Waals surface area (Å²) in [6.45, 7) is 6.60. The third kappa shape index (κ3) is 4.39. The van der Waals surface area contributed by atoms with Crippen molar-refractivity contribution in [2.75, 3.05) is 38.1 Å². The van der Waals surface area contributed by atoms with Gasteiger partial charge in [0.1, 0.15) is 6.04 Å². The average Bonchev–Trinajstić information content (AvgIpc) is 3.05. The fourth-order valence-corrected chi connectivity index (χ4v) is 4.74. The van der Waals surface area contributed by atoms with Gasteiger partial charge in [0.15, 0.2) is 0 Å². The number of alkyl halides is 1. The zero-order valence-corrected chi connectivity index (χ0v) is 18.1. The molecule has 0 spiro atoms. The van der Waals surface area contributed by atoms with E-state index in [4.69, 9.17) is 0 Å². The molecule has 2 fully saturated rings. The first-order valence-electron chi connectivity index (χ1n) is 10.3. The number of amides is 3. The molecular formula is C21H27BrN4O3. The Labute approximate surface area is 179 Å². The summed E-state index contributed by atoms with van der Waals surface area (Å²) in [6.07, 6.45) is 1.85. The second-order valence-corrected chi connectivity index (χ2v) is 8.80. The number of nitrogens with zero attached hydrogens (tertiary/aromatic N) is 3. The van der Waals surface area contributed by atoms with Gasteiger partial charge in [0.05, 0.1) is 0 Å². The molecule has 0 aromatic heterocycles. The standard InChI is InChI=1S/C21H27BrN4O3/c22-7-2-8-24-9-11-25(12-10-24)13-15-3-1-4-16-17(15)14-26(21(16)29)18-5-6-19(27)23-20(18)28/h1,3-4,18H,2,5-14H2,(H,23,27,28). The summed E-state index contributed by atoms with van der Waals surface area (Å²) in [5.74, 6) is -0.717. The number of carbonyl (C=O) groups is 3. The Balaban J connectivity index is 1.42. The molecule has 0 aliphatic carbocycles. The lowest BCUT2D eigenvalue weighted by Crippen LogP contribution is -2.52. The molecule has 1 aromatic carbocycles. The van der Waals surface area contributed by atoms with Crippen LogP contribution in [0.2, 0.25) is 0 Å². The van der Waals surface area contributed by atoms with Crippen LogP contribution in [0.4, 0.5) is 0 Å². The van der Waals surface area contributed by atoms with Gasteiger partial charge >= 0.3 is 0 Å². The number of benzene rings is 1. The van der Waals surface area contributed by atoms with Gasteiger partial charge in [0.25, 0.3) is 5.91 Å². The number of nitrogens with one attached hydrogen (secondary N) is 1. The third-order valence-corrected chi connectivity index (χ3v) is 6.71. The molecule has 1 unspecified atom stereocenters. The highest BCUT2D eigenvalue weighted by Crippen LogP contribution is 2.30. The van der Waals surface area contributed by atoms with Crippen molar-refractivity contribution >= 4 is 33.7 Å². The van der Waals surface area contributed by atoms with E-state index >= 15 is 0 Å². The molecule has 3 amide bonds. The Morgan fingerprint density at radius 1 is 1.07 bits per heavy atom. The van der Waals surface area contributed by atoms with E-state index in [9.17, 15) is 14.4 Å². The number of hydrogen-bond donors (Lipinski definition) is 1. The first-order chi connectivity index (χ1) is 14.1. The Morgan fingerprint density at radius 2 is 1.83 bits per heavy atom. The van der Waals surface area contributed by atoms with Crippen LogP contribution in [-0.4, -0.2) is 76.5 Å². The maximum atomic E-state index is 12.9. The lowest BCUT2D eigenvalue weighted by Gasteiger charge is -2.35. The molecule has 3 aliphatic rings. The predicted molar refractivity (Wildman–Crippen MR) is 113 cm³/mol. The molecule has 3 heterocycles. The monoisotopic (exact) mass is 462 g/mol. The van der Waals surface area contributed by atoms with Crippen molar-refractivity contribution in [3.8, 4) is 0 Å². The SMILES string of the molecule is O=C1CCC(N2Cc3c(CN4CCN(CCCBr)CC4)cccc3C2=O)C(=O)N1. The molecule has 1 aromatic rings. The van der Waals surface area contributed by atoms with Gasteiger partial charge < -0.3 is 9.80 Å². The molecule has 29 heavy (non-hydrogen) atoms. The smallest absolute Gasteiger partial charge is 0.255 e. The summed E-state index contributed by atoms with van der Waals surface area (Å²) in [6, 6.07) is 5.33. The van der Waals surface area contributed by atoms with Crippen LogP contribution in [-0.2, 0) is 22.7 Å². The minimum Gasteiger partial charge on any atom is -0.322 e. The molecule has 1 atom stereocenters. The molecule has 156 valence electrons. The van der Waals surface area contributed by atoms with Crippen molar-refractivity contribution in [3.63, 3.8) is 0 Å². The van der Waals surface area contributed by atoms with Gasteiger partial charge in [0.2, 0.25) is 11.8 Å². The minimum absolute atomic E-state index is 0.101. The van der Waals surface area contributed by atoms with E-state index in [1.807, 2.05) is 12.1 Å². The molecule has 7 nitrogen and oxygen atoms in total. The largest absolute Gasteiger partial charge is 0.322 e. The molecule has 1 N–H and O–H groups in total. The summed E-state index contributed by atoms with van der Waals surface area (Å²) in [5.41, 5.74) is 2.90. The van der Waals surface area contributed by atoms with Crippen molar-refractivity contribution in [3.05, 3.63) is 34.9 Å². The number of piperidine rings is 1. The van der Waals surface area contributed by atoms with E-state index in [2.05, 4.69) is 37.1 Å². The van der Waals surface area contributed by atoms with E-state index in [0.29, 0.717) is 18.5 Å². The maximum Gasteiger partial charge on any atom is 0.255 e. The topological polar surface area (TPSA) is 73.0 Å². The predicted octanol–water partition coefficient (Wildman–Crippen LogP) is 1.35. The van der Waals surface area contributed by atoms with Crippen LogP contribution in [0.5, 0.6) is 0 Å². The van der Waals surface area contributed by atoms with Crippen molar-refractivity contribution in [2.24, 2.45) is 0 Å². The van der Waals surface area contributed by atoms with Crippen molar-refractivity contribution < 1.29 is 14.4 Å². The summed E-state index contributed by atoms with van der Waals surface area (Å²) < 4.78 is 0. The van der Waals surface area contributed by atoms with Gasteiger partial charge in [-0.1, -0.05) is 28.1 Å². The normalized spacial score (nSPS) is 23.4. The number of rotatable bonds is 6. The highest BCUT2D eigenvalue weighted by Gasteiger charge is 2.39. The summed E-state index contributed by atoms with van der Waals surface area (Å²) in [4.78, 5) is 43.2. The van der Waals surface area contributed by atoms with Gasteiger partial charge in [-0.05, 0) is 36.6 Å². The Hall–Kier alpha value is -1.77. The fourth-order valence-electron chi connectivity index (χ4n) is 4.49. The lowest BCUT2D eigenvalue weighted by molar-refractivity contribution is -0.136. The van der Waals surface area contributed by atoms with Crippen molar-refractivity contribution in [1.82, 2.24) is 20.0 Å². The fraction of sp³-hybridized carbons (Fsp3) is 0.571. The van der Waals surface area contributed by atoms with Crippen LogP contribution in [0.1, 0.15) is 40.7 Å². The average molecular weight is 463 g/mol. The lowest BCUT2D eigenvalue weighted by atomic mass is 10.0. The zero-order valence-electron chi connectivity index (χ0n) is 16.5. The Bertz CT molecular complexity index is 807. The molecule has 8 heteroatoms. The highest BCUT2D eigenvalue weighted by molar-refractivity contribution is 9.09. The Morgan fingerprint density at radius 3 is 2.55 bits per heavy atom. The number of carbonyl (C=O) groups excluding carboxylic acids is 3. The van der Waals surface area contributed by atoms with Crippen LogP contribution >= 0.6 is 15.9 Å². The maximum absolute atomic E-state index is 12.9. The van der Waals surface area contributed by atoms with E-state index in [0.717, 1.165) is 50.2 Å². The van der Waals surface area contributed by atoms with Crippen LogP contribution < -0.4 is 5.32 Å². The van der Waals surface area contributed by atoms with Crippen LogP contribution in [0.25, 0.3) is 0 Å². The molecular weight excluding hydrogens is 436 g/mol. The molecule has 4 rings (SSSR count). The quantitative estimate of drug-likeness (QED) is 0.510. The number of hydrogen-bond acceptors (Lipinski definition) is 5. The van der Waals surface area contributed by atoms with E-state index in [-0.39, 0.29) is 24.1 Å². The molecule has 2 saturated heterocycles. The minimum atomic E-state index is -0.557. The molecule has 0 radical (unpaired) electrons. The first kappa shape index (κ1) is 20.5. The number of imide groups is 1. The van der Waals surface area contributed by atoms with Gasteiger partial charge in [-0.15, -0.1) is 0 Å². The summed E-state index contributed by atoms with van der Waals surface area (Å²) in [5, 5.41) is 3.41. The number of halogens is 1. The van der Waals surface area contributed by atoms with Crippen LogP contribution in [0.15, 0.2) is 18.2 Å². The number of piperazine rings is 1. The van der Waals surface area contributed by atoms with Gasteiger partial charge in [-0.3, -0.25) is 24.6 Å². The first-order valence-corrected chi connectivity index (χ1v) is 11.4. The molecule has 0 bridgehead atoms. The van der Waals surface area contributed by atoms with Crippen LogP contribution in [0, 0.1) is 0 Å². The van der Waals surface area contributed by atoms with Gasteiger partial charge in [-0.25, -0.2) is 0 Å². The van der Waals surface area contributed by atoms with E-state index in [1.165, 1.54) is 12.0 Å². The second-order valence-electron chi connectivity index (χ2n) is 8.00. The van der Waals surface area contributed by atoms with Gasteiger partial charge in [0, 0.05) is 56.6 Å². The molecule has 3 aliphatic heterocycles. The highest BCUT2D eigenvalue weighted by atomic mass is 79.9. The number of fused-ring (bicyclic) bond motifs is 1. The third-order valence-electron chi connectivity index (χ3n) is 6.15. The molecule has 0 saturated carbocycles.